The third-order valence-corrected chi connectivity index (χ3v) is 0. The molecule has 0 unspecified atom stereocenters. The number of rotatable bonds is 0. The van der Waals surface area contributed by atoms with E-state index in [4.69, 9.17) is 5.41 Å². The molecule has 5 heavy (non-hydrogen) atoms. The number of nitrogens with zero attached hydrogens (tertiary/aromatic N) is 1. The zero-order chi connectivity index (χ0) is 2.71. The summed E-state index contributed by atoms with van der Waals surface area (Å²) >= 11 is 3.70. The topological polar surface area (TPSA) is 22.3 Å². The first kappa shape index (κ1) is 15.9. The number of thiocarbonyl (C=S) groups is 1. The Morgan fingerprint density at radius 2 is 1.60 bits per heavy atom. The zero-order valence-electron chi connectivity index (χ0n) is 2.44. The van der Waals surface area contributed by atoms with Crippen molar-refractivity contribution in [2.75, 3.05) is 0 Å². The van der Waals surface area contributed by atoms with Gasteiger partial charge >= 0.3 is 48.9 Å². The van der Waals surface area contributed by atoms with Crippen molar-refractivity contribution in [2.24, 2.45) is 0 Å². The van der Waals surface area contributed by atoms with E-state index in [0.29, 0.717) is 0 Å². The molecule has 0 heterocycles. The minimum atomic E-state index is 0. The fraction of sp³-hybridized carbons (Fsp3) is 0. The summed E-state index contributed by atoms with van der Waals surface area (Å²) in [7, 11) is 0. The van der Waals surface area contributed by atoms with Gasteiger partial charge in [0.05, 0.1) is 0 Å². The summed E-state index contributed by atoms with van der Waals surface area (Å²) in [5.41, 5.74) is 0. The van der Waals surface area contributed by atoms with Gasteiger partial charge in [-0.25, -0.2) is 0 Å². The van der Waals surface area contributed by atoms with Gasteiger partial charge in [-0.15, -0.1) is 0 Å². The number of hydrogen-bond acceptors (Lipinski definition) is 1. The average Bonchev–Trinajstić information content (AvgIpc) is 0.918. The van der Waals surface area contributed by atoms with Crippen molar-refractivity contribution in [3.05, 3.63) is 5.41 Å². The van der Waals surface area contributed by atoms with Gasteiger partial charge in [0.15, 0.2) is 0 Å². The van der Waals surface area contributed by atoms with Crippen LogP contribution in [0.15, 0.2) is 0 Å². The Kier molecular flexibility index (Phi) is 55.3. The molecule has 1 nitrogen and oxygen atoms in total. The molecule has 0 aliphatic heterocycles. The van der Waals surface area contributed by atoms with Crippen LogP contribution in [0.3, 0.4) is 0 Å². The summed E-state index contributed by atoms with van der Waals surface area (Å²) in [6.07, 6.45) is 0. The number of halogens is 1. The minimum absolute atomic E-state index is 0. The van der Waals surface area contributed by atoms with Crippen LogP contribution in [0.5, 0.6) is 0 Å². The molecule has 0 saturated heterocycles. The number of isothiocyanates is 1. The monoisotopic (exact) mass is 231 g/mol. The van der Waals surface area contributed by atoms with E-state index >= 15 is 0 Å². The third kappa shape index (κ3) is 27.5. The fourth-order valence-electron chi connectivity index (χ4n) is 0. The largest absolute Gasteiger partial charge is 2.00 e. The molecule has 0 aromatic carbocycles. The van der Waals surface area contributed by atoms with Crippen LogP contribution < -0.4 is 12.4 Å². The van der Waals surface area contributed by atoms with E-state index in [0.717, 1.165) is 0 Å². The second-order valence-electron chi connectivity index (χ2n) is 0.0913. The van der Waals surface area contributed by atoms with Crippen molar-refractivity contribution >= 4 is 66.3 Å². The van der Waals surface area contributed by atoms with Crippen LogP contribution in [0.2, 0.25) is 0 Å². The van der Waals surface area contributed by atoms with Crippen LogP contribution in [-0.4, -0.2) is 54.0 Å². The van der Waals surface area contributed by atoms with Crippen molar-refractivity contribution in [1.82, 2.24) is 0 Å². The molecule has 0 atom stereocenters. The summed E-state index contributed by atoms with van der Waals surface area (Å²) in [6, 6.07) is 0. The summed E-state index contributed by atoms with van der Waals surface area (Å²) in [4.78, 5) is 0. The molecule has 0 aliphatic carbocycles. The van der Waals surface area contributed by atoms with E-state index in [1.54, 1.807) is 0 Å². The van der Waals surface area contributed by atoms with Gasteiger partial charge in [0.25, 0.3) is 0 Å². The van der Waals surface area contributed by atoms with Gasteiger partial charge in [-0.2, -0.15) is 5.16 Å². The van der Waals surface area contributed by atoms with Gasteiger partial charge in [0.2, 0.25) is 0 Å². The fourth-order valence-corrected chi connectivity index (χ4v) is 0. The van der Waals surface area contributed by atoms with E-state index in [1.807, 2.05) is 0 Å². The maximum absolute atomic E-state index is 7.13. The first-order chi connectivity index (χ1) is 1.41. The molecule has 0 bridgehead atoms. The van der Waals surface area contributed by atoms with Crippen molar-refractivity contribution in [1.29, 1.82) is 0 Å². The first-order valence-electron chi connectivity index (χ1n) is 0.428. The van der Waals surface area contributed by atoms with Gasteiger partial charge in [-0.1, -0.05) is 12.2 Å². The van der Waals surface area contributed by atoms with Crippen LogP contribution in [0, 0.1) is 0 Å². The Balaban J connectivity index is -0.0000000200. The predicted octanol–water partition coefficient (Wildman–Crippen LogP) is -2.72. The maximum Gasteiger partial charge on any atom is 2.00 e. The van der Waals surface area contributed by atoms with E-state index < -0.39 is 0 Å². The van der Waals surface area contributed by atoms with E-state index in [2.05, 4.69) is 12.2 Å². The smallest absolute Gasteiger partial charge is 1.00 e. The summed E-state index contributed by atoms with van der Waals surface area (Å²) < 4.78 is 0. The summed E-state index contributed by atoms with van der Waals surface area (Å²) in [5, 5.41) is 8.47. The third-order valence-electron chi connectivity index (χ3n) is 0. The van der Waals surface area contributed by atoms with Gasteiger partial charge in [0.1, 0.15) is 0 Å². The first-order valence-corrected chi connectivity index (χ1v) is 0.836. The van der Waals surface area contributed by atoms with Crippen LogP contribution in [0.1, 0.15) is 0 Å². The molecule has 0 fully saturated rings. The van der Waals surface area contributed by atoms with Crippen molar-refractivity contribution < 1.29 is 12.4 Å². The quantitative estimate of drug-likeness (QED) is 0.252. The molecule has 0 aliphatic rings. The molecule has 0 amide bonds. The maximum atomic E-state index is 7.13. The Morgan fingerprint density at radius 1 is 1.60 bits per heavy atom. The average molecular weight is 231 g/mol. The Labute approximate surface area is 82.5 Å². The van der Waals surface area contributed by atoms with Crippen LogP contribution in [-0.2, 0) is 0 Å². The van der Waals surface area contributed by atoms with Gasteiger partial charge in [-0.05, 0) is 0 Å². The van der Waals surface area contributed by atoms with Crippen molar-refractivity contribution in [2.45, 2.75) is 0 Å². The van der Waals surface area contributed by atoms with E-state index in [1.165, 1.54) is 5.16 Å². The molecule has 0 aromatic rings. The molecule has 0 spiro atoms. The molecule has 24 valence electrons. The standard InChI is InChI=1S/CNS.Ba.ClH/c2-1-3;;/h;;1H/q-1;+2;/p-1. The van der Waals surface area contributed by atoms with Crippen molar-refractivity contribution in [3.63, 3.8) is 0 Å². The Hall–Kier alpha value is 1.66. The van der Waals surface area contributed by atoms with Gasteiger partial charge in [-0.3, -0.25) is 0 Å². The van der Waals surface area contributed by atoms with Gasteiger partial charge < -0.3 is 17.8 Å². The second kappa shape index (κ2) is 17.4. The minimum Gasteiger partial charge on any atom is -1.00 e. The van der Waals surface area contributed by atoms with Crippen LogP contribution >= 0.6 is 12.2 Å². The summed E-state index contributed by atoms with van der Waals surface area (Å²) in [6.45, 7) is 0. The van der Waals surface area contributed by atoms with E-state index in [9.17, 15) is 0 Å². The van der Waals surface area contributed by atoms with Crippen molar-refractivity contribution in [3.8, 4) is 0 Å². The molecule has 0 rings (SSSR count). The van der Waals surface area contributed by atoms with Crippen LogP contribution in [0.4, 0.5) is 0 Å². The zero-order valence-corrected chi connectivity index (χ0v) is 8.45. The number of hydrogen-bond donors (Lipinski definition) is 0. The molecular weight excluding hydrogens is 231 g/mol. The molecule has 4 heteroatoms. The van der Waals surface area contributed by atoms with Crippen LogP contribution in [0.25, 0.3) is 5.41 Å². The van der Waals surface area contributed by atoms with E-state index in [-0.39, 0.29) is 61.3 Å². The predicted molar refractivity (Wildman–Crippen MR) is 21.7 cm³/mol. The molecule has 0 aromatic heterocycles. The normalized spacial score (nSPS) is 1.60. The SMILES string of the molecule is [Ba+2].[Cl-].[N-]=C=S. The summed E-state index contributed by atoms with van der Waals surface area (Å²) in [5.74, 6) is 0. The molecule has 0 N–H and O–H groups in total. The Morgan fingerprint density at radius 3 is 1.60 bits per heavy atom. The van der Waals surface area contributed by atoms with Gasteiger partial charge in [0, 0.05) is 0 Å². The molecule has 0 radical (unpaired) electrons. The second-order valence-corrected chi connectivity index (χ2v) is 0.274. The molecule has 0 saturated carbocycles. The Bertz CT molecular complexity index is 32.6. The molecular formula is CBaClNS.